The number of hydrogen-bond donors (Lipinski definition) is 2. The number of anilines is 1. The normalized spacial score (nSPS) is 20.4. The lowest BCUT2D eigenvalue weighted by molar-refractivity contribution is 0.182. The number of aliphatic hydroxyl groups is 1. The molecule has 8 nitrogen and oxygen atoms in total. The Balaban J connectivity index is 1.65. The number of nitrogens with one attached hydrogen (secondary N) is 1. The molecule has 2 aromatic heterocycles. The van der Waals surface area contributed by atoms with Crippen molar-refractivity contribution in [3.05, 3.63) is 30.5 Å². The van der Waals surface area contributed by atoms with Crippen molar-refractivity contribution >= 4 is 17.1 Å². The van der Waals surface area contributed by atoms with E-state index in [-0.39, 0.29) is 12.1 Å². The number of aromatic nitrogens is 5. The van der Waals surface area contributed by atoms with E-state index in [0.29, 0.717) is 17.1 Å². The van der Waals surface area contributed by atoms with Crippen molar-refractivity contribution in [3.8, 4) is 11.4 Å². The summed E-state index contributed by atoms with van der Waals surface area (Å²) in [5.41, 5.74) is 2.11. The Bertz CT molecular complexity index is 847. The number of fused-ring (bicyclic) bond motifs is 1. The predicted molar refractivity (Wildman–Crippen MR) is 88.3 cm³/mol. The fourth-order valence-electron chi connectivity index (χ4n) is 2.97. The van der Waals surface area contributed by atoms with Gasteiger partial charge in [0, 0.05) is 6.04 Å². The molecule has 2 atom stereocenters. The smallest absolute Gasteiger partial charge is 0.225 e. The Hall–Kier alpha value is -2.74. The molecule has 4 rings (SSSR count). The molecule has 1 aliphatic rings. The molecule has 3 aromatic rings. The average Bonchev–Trinajstić information content (AvgIpc) is 3.21. The summed E-state index contributed by atoms with van der Waals surface area (Å²) in [5.74, 6) is 1.30. The summed E-state index contributed by atoms with van der Waals surface area (Å²) < 4.78 is 6.85. The molecular weight excluding hydrogens is 308 g/mol. The Labute approximate surface area is 138 Å². The summed E-state index contributed by atoms with van der Waals surface area (Å²) in [4.78, 5) is 8.84. The first-order valence-corrected chi connectivity index (χ1v) is 7.90. The van der Waals surface area contributed by atoms with Gasteiger partial charge in [-0.2, -0.15) is 9.67 Å². The molecule has 1 aromatic carbocycles. The van der Waals surface area contributed by atoms with Crippen LogP contribution < -0.4 is 10.1 Å². The Morgan fingerprint density at radius 1 is 1.25 bits per heavy atom. The van der Waals surface area contributed by atoms with E-state index >= 15 is 0 Å². The zero-order valence-electron chi connectivity index (χ0n) is 13.3. The van der Waals surface area contributed by atoms with Gasteiger partial charge in [-0.05, 0) is 43.5 Å². The third-order valence-corrected chi connectivity index (χ3v) is 4.25. The highest BCUT2D eigenvalue weighted by Gasteiger charge is 2.23. The molecule has 0 spiro atoms. The number of hydrogen-bond acceptors (Lipinski definition) is 7. The molecule has 0 saturated heterocycles. The van der Waals surface area contributed by atoms with Crippen molar-refractivity contribution in [3.63, 3.8) is 0 Å². The van der Waals surface area contributed by atoms with Crippen molar-refractivity contribution in [2.24, 2.45) is 0 Å². The SMILES string of the molecule is COc1ccc(-n2nnc3cnc(NC4CC[C@@H](O)C4)nc32)cc1. The maximum Gasteiger partial charge on any atom is 0.225 e. The Morgan fingerprint density at radius 2 is 2.08 bits per heavy atom. The van der Waals surface area contributed by atoms with E-state index < -0.39 is 0 Å². The number of methoxy groups -OCH3 is 1. The molecule has 8 heteroatoms. The Morgan fingerprint density at radius 3 is 2.79 bits per heavy atom. The van der Waals surface area contributed by atoms with Crippen LogP contribution in [0.3, 0.4) is 0 Å². The minimum atomic E-state index is -0.238. The largest absolute Gasteiger partial charge is 0.497 e. The van der Waals surface area contributed by atoms with Crippen LogP contribution >= 0.6 is 0 Å². The summed E-state index contributed by atoms with van der Waals surface area (Å²) in [7, 11) is 1.63. The highest BCUT2D eigenvalue weighted by molar-refractivity contribution is 5.72. The summed E-state index contributed by atoms with van der Waals surface area (Å²) in [5, 5.41) is 21.2. The molecule has 1 unspecified atom stereocenters. The van der Waals surface area contributed by atoms with Gasteiger partial charge < -0.3 is 15.2 Å². The topological polar surface area (TPSA) is 98.0 Å². The minimum absolute atomic E-state index is 0.197. The maximum absolute atomic E-state index is 9.64. The summed E-state index contributed by atoms with van der Waals surface area (Å²) in [6.45, 7) is 0. The van der Waals surface area contributed by atoms with E-state index in [9.17, 15) is 5.11 Å². The van der Waals surface area contributed by atoms with Gasteiger partial charge in [0.2, 0.25) is 5.95 Å². The average molecular weight is 326 g/mol. The van der Waals surface area contributed by atoms with Gasteiger partial charge in [-0.3, -0.25) is 0 Å². The van der Waals surface area contributed by atoms with Crippen LogP contribution in [0.4, 0.5) is 5.95 Å². The molecule has 0 amide bonds. The number of ether oxygens (including phenoxy) is 1. The van der Waals surface area contributed by atoms with Gasteiger partial charge in [-0.15, -0.1) is 5.10 Å². The predicted octanol–water partition coefficient (Wildman–Crippen LogP) is 1.54. The maximum atomic E-state index is 9.64. The van der Waals surface area contributed by atoms with Crippen LogP contribution in [0.2, 0.25) is 0 Å². The van der Waals surface area contributed by atoms with Gasteiger partial charge in [0.1, 0.15) is 5.75 Å². The zero-order chi connectivity index (χ0) is 16.5. The van der Waals surface area contributed by atoms with Crippen LogP contribution in [0.25, 0.3) is 16.9 Å². The first-order chi connectivity index (χ1) is 11.7. The molecule has 1 fully saturated rings. The van der Waals surface area contributed by atoms with Crippen molar-refractivity contribution in [1.82, 2.24) is 25.0 Å². The van der Waals surface area contributed by atoms with Crippen molar-refractivity contribution in [1.29, 1.82) is 0 Å². The molecule has 0 bridgehead atoms. The number of nitrogens with zero attached hydrogens (tertiary/aromatic N) is 5. The lowest BCUT2D eigenvalue weighted by atomic mass is 10.2. The molecule has 124 valence electrons. The minimum Gasteiger partial charge on any atom is -0.497 e. The molecule has 0 radical (unpaired) electrons. The van der Waals surface area contributed by atoms with Crippen LogP contribution in [0.1, 0.15) is 19.3 Å². The molecule has 24 heavy (non-hydrogen) atoms. The second kappa shape index (κ2) is 6.04. The first-order valence-electron chi connectivity index (χ1n) is 7.90. The molecule has 1 saturated carbocycles. The fraction of sp³-hybridized carbons (Fsp3) is 0.375. The van der Waals surface area contributed by atoms with Crippen LogP contribution in [0.5, 0.6) is 5.75 Å². The monoisotopic (exact) mass is 326 g/mol. The number of aliphatic hydroxyl groups excluding tert-OH is 1. The van der Waals surface area contributed by atoms with Gasteiger partial charge in [-0.1, -0.05) is 5.21 Å². The third kappa shape index (κ3) is 2.76. The first kappa shape index (κ1) is 14.8. The molecule has 0 aliphatic heterocycles. The van der Waals surface area contributed by atoms with Crippen LogP contribution in [0, 0.1) is 0 Å². The van der Waals surface area contributed by atoms with E-state index in [4.69, 9.17) is 4.74 Å². The molecule has 2 heterocycles. The Kier molecular flexibility index (Phi) is 3.73. The highest BCUT2D eigenvalue weighted by atomic mass is 16.5. The number of benzene rings is 1. The van der Waals surface area contributed by atoms with Crippen LogP contribution in [-0.2, 0) is 0 Å². The van der Waals surface area contributed by atoms with Crippen LogP contribution in [-0.4, -0.2) is 49.3 Å². The number of rotatable bonds is 4. The van der Waals surface area contributed by atoms with Gasteiger partial charge in [0.15, 0.2) is 11.2 Å². The molecular formula is C16H18N6O2. The lowest BCUT2D eigenvalue weighted by Crippen LogP contribution is -2.18. The summed E-state index contributed by atoms with van der Waals surface area (Å²) in [6.07, 6.45) is 3.86. The molecule has 2 N–H and O–H groups in total. The van der Waals surface area contributed by atoms with Crippen molar-refractivity contribution < 1.29 is 9.84 Å². The highest BCUT2D eigenvalue weighted by Crippen LogP contribution is 2.23. The van der Waals surface area contributed by atoms with E-state index in [1.165, 1.54) is 0 Å². The summed E-state index contributed by atoms with van der Waals surface area (Å²) >= 11 is 0. The summed E-state index contributed by atoms with van der Waals surface area (Å²) in [6, 6.07) is 7.72. The third-order valence-electron chi connectivity index (χ3n) is 4.25. The fourth-order valence-corrected chi connectivity index (χ4v) is 2.97. The quantitative estimate of drug-likeness (QED) is 0.750. The van der Waals surface area contributed by atoms with Crippen LogP contribution in [0.15, 0.2) is 30.5 Å². The second-order valence-electron chi connectivity index (χ2n) is 5.91. The van der Waals surface area contributed by atoms with Crippen molar-refractivity contribution in [2.75, 3.05) is 12.4 Å². The lowest BCUT2D eigenvalue weighted by Gasteiger charge is -2.11. The van der Waals surface area contributed by atoms with Gasteiger partial charge in [-0.25, -0.2) is 4.98 Å². The molecule has 1 aliphatic carbocycles. The van der Waals surface area contributed by atoms with E-state index in [1.807, 2.05) is 24.3 Å². The van der Waals surface area contributed by atoms with Gasteiger partial charge >= 0.3 is 0 Å². The van der Waals surface area contributed by atoms with Gasteiger partial charge in [0.05, 0.1) is 25.1 Å². The second-order valence-corrected chi connectivity index (χ2v) is 5.91. The van der Waals surface area contributed by atoms with Gasteiger partial charge in [0.25, 0.3) is 0 Å². The van der Waals surface area contributed by atoms with E-state index in [1.54, 1.807) is 18.0 Å². The standard InChI is InChI=1S/C16H18N6O2/c1-24-13-6-3-11(4-7-13)22-15-14(20-21-22)9-17-16(19-15)18-10-2-5-12(23)8-10/h3-4,6-7,9-10,12,23H,2,5,8H2,1H3,(H,17,18,19)/t10?,12-/m1/s1. The van der Waals surface area contributed by atoms with Crippen molar-refractivity contribution in [2.45, 2.75) is 31.4 Å². The van der Waals surface area contributed by atoms with E-state index in [2.05, 4.69) is 25.6 Å². The van der Waals surface area contributed by atoms with E-state index in [0.717, 1.165) is 30.7 Å². The zero-order valence-corrected chi connectivity index (χ0v) is 13.3.